The molecule has 0 bridgehead atoms. The largest absolute Gasteiger partial charge is 0.314 e. The predicted molar refractivity (Wildman–Crippen MR) is 77.5 cm³/mol. The van der Waals surface area contributed by atoms with Gasteiger partial charge in [0.2, 0.25) is 0 Å². The van der Waals surface area contributed by atoms with E-state index in [9.17, 15) is 0 Å². The van der Waals surface area contributed by atoms with Gasteiger partial charge in [-0.3, -0.25) is 0 Å². The molecule has 100 valence electrons. The van der Waals surface area contributed by atoms with Gasteiger partial charge in [0.25, 0.3) is 0 Å². The van der Waals surface area contributed by atoms with Crippen LogP contribution in [-0.2, 0) is 6.42 Å². The molecule has 0 radical (unpaired) electrons. The van der Waals surface area contributed by atoms with Crippen LogP contribution in [0.25, 0.3) is 5.69 Å². The van der Waals surface area contributed by atoms with Gasteiger partial charge in [-0.15, -0.1) is 0 Å². The normalized spacial score (nSPS) is 23.4. The molecule has 2 atom stereocenters. The minimum atomic E-state index is 0.676. The molecule has 1 aromatic heterocycles. The summed E-state index contributed by atoms with van der Waals surface area (Å²) in [5.74, 6) is 0.732. The van der Waals surface area contributed by atoms with Gasteiger partial charge in [-0.05, 0) is 56.8 Å². The van der Waals surface area contributed by atoms with Crippen molar-refractivity contribution in [1.82, 2.24) is 15.1 Å². The maximum atomic E-state index is 4.46. The van der Waals surface area contributed by atoms with Crippen molar-refractivity contribution in [2.75, 3.05) is 6.54 Å². The Morgan fingerprint density at radius 1 is 1.21 bits per heavy atom. The van der Waals surface area contributed by atoms with Crippen LogP contribution in [0.2, 0.25) is 0 Å². The molecule has 0 aliphatic carbocycles. The van der Waals surface area contributed by atoms with Gasteiger partial charge in [-0.2, -0.15) is 5.10 Å². The quantitative estimate of drug-likeness (QED) is 0.914. The van der Waals surface area contributed by atoms with Gasteiger partial charge >= 0.3 is 0 Å². The molecule has 0 saturated carbocycles. The molecule has 1 saturated heterocycles. The van der Waals surface area contributed by atoms with E-state index in [2.05, 4.69) is 52.4 Å². The summed E-state index contributed by atoms with van der Waals surface area (Å²) < 4.78 is 2.07. The van der Waals surface area contributed by atoms with Crippen molar-refractivity contribution in [2.24, 2.45) is 5.92 Å². The fourth-order valence-corrected chi connectivity index (χ4v) is 2.81. The van der Waals surface area contributed by atoms with Crippen molar-refractivity contribution in [3.05, 3.63) is 48.3 Å². The summed E-state index contributed by atoms with van der Waals surface area (Å²) in [6.45, 7) is 3.39. The van der Waals surface area contributed by atoms with Crippen LogP contribution in [-0.4, -0.2) is 22.4 Å². The number of rotatable bonds is 3. The highest BCUT2D eigenvalue weighted by atomic mass is 15.3. The Labute approximate surface area is 114 Å². The third-order valence-electron chi connectivity index (χ3n) is 3.98. The van der Waals surface area contributed by atoms with Crippen LogP contribution in [0.3, 0.4) is 0 Å². The minimum Gasteiger partial charge on any atom is -0.314 e. The van der Waals surface area contributed by atoms with Crippen LogP contribution in [0.1, 0.15) is 25.5 Å². The fraction of sp³-hybridized carbons (Fsp3) is 0.438. The van der Waals surface area contributed by atoms with E-state index in [1.165, 1.54) is 18.5 Å². The summed E-state index contributed by atoms with van der Waals surface area (Å²) in [5.41, 5.74) is 2.46. The molecule has 0 spiro atoms. The highest BCUT2D eigenvalue weighted by Crippen LogP contribution is 2.20. The first-order valence-electron chi connectivity index (χ1n) is 7.14. The van der Waals surface area contributed by atoms with Crippen LogP contribution in [0.4, 0.5) is 0 Å². The molecule has 1 aliphatic rings. The van der Waals surface area contributed by atoms with E-state index in [1.807, 2.05) is 12.3 Å². The zero-order valence-electron chi connectivity index (χ0n) is 11.4. The molecule has 2 heterocycles. The van der Waals surface area contributed by atoms with Gasteiger partial charge in [-0.1, -0.05) is 18.2 Å². The lowest BCUT2D eigenvalue weighted by Crippen LogP contribution is -2.37. The Hall–Kier alpha value is -1.61. The molecule has 1 N–H and O–H groups in total. The van der Waals surface area contributed by atoms with Gasteiger partial charge in [0.05, 0.1) is 5.69 Å². The molecule has 1 fully saturated rings. The zero-order chi connectivity index (χ0) is 13.1. The number of para-hydroxylation sites is 1. The van der Waals surface area contributed by atoms with Crippen LogP contribution >= 0.6 is 0 Å². The Kier molecular flexibility index (Phi) is 3.65. The van der Waals surface area contributed by atoms with Crippen molar-refractivity contribution in [2.45, 2.75) is 32.2 Å². The van der Waals surface area contributed by atoms with E-state index in [0.29, 0.717) is 6.04 Å². The number of hydrogen-bond acceptors (Lipinski definition) is 2. The number of aromatic nitrogens is 2. The lowest BCUT2D eigenvalue weighted by Gasteiger charge is -2.27. The third-order valence-corrected chi connectivity index (χ3v) is 3.98. The standard InChI is InChI=1S/C16H21N3/c1-13-7-8-14(12-17-13)11-16-9-10-18-19(16)15-5-3-2-4-6-15/h2-6,9-10,13-14,17H,7-8,11-12H2,1H3. The molecule has 3 rings (SSSR count). The molecule has 19 heavy (non-hydrogen) atoms. The molecular formula is C16H21N3. The lowest BCUT2D eigenvalue weighted by atomic mass is 9.91. The van der Waals surface area contributed by atoms with Crippen LogP contribution in [0, 0.1) is 5.92 Å². The van der Waals surface area contributed by atoms with E-state index in [1.54, 1.807) is 0 Å². The maximum absolute atomic E-state index is 4.46. The van der Waals surface area contributed by atoms with Gasteiger partial charge in [0, 0.05) is 17.9 Å². The first kappa shape index (κ1) is 12.4. The second-order valence-corrected chi connectivity index (χ2v) is 5.53. The summed E-state index contributed by atoms with van der Waals surface area (Å²) in [6, 6.07) is 13.2. The van der Waals surface area contributed by atoms with Crippen LogP contribution in [0.5, 0.6) is 0 Å². The highest BCUT2D eigenvalue weighted by Gasteiger charge is 2.19. The second kappa shape index (κ2) is 5.57. The molecule has 1 aromatic carbocycles. The highest BCUT2D eigenvalue weighted by molar-refractivity contribution is 5.32. The van der Waals surface area contributed by atoms with E-state index < -0.39 is 0 Å². The number of hydrogen-bond donors (Lipinski definition) is 1. The maximum Gasteiger partial charge on any atom is 0.0648 e. The van der Waals surface area contributed by atoms with Crippen molar-refractivity contribution < 1.29 is 0 Å². The summed E-state index contributed by atoms with van der Waals surface area (Å²) in [7, 11) is 0. The molecule has 2 aromatic rings. The first-order valence-corrected chi connectivity index (χ1v) is 7.14. The Morgan fingerprint density at radius 2 is 2.05 bits per heavy atom. The molecule has 1 aliphatic heterocycles. The number of nitrogens with one attached hydrogen (secondary N) is 1. The lowest BCUT2D eigenvalue weighted by molar-refractivity contribution is 0.319. The zero-order valence-corrected chi connectivity index (χ0v) is 11.4. The molecular weight excluding hydrogens is 234 g/mol. The number of nitrogens with zero attached hydrogens (tertiary/aromatic N) is 2. The molecule has 0 amide bonds. The molecule has 3 heteroatoms. The topological polar surface area (TPSA) is 29.9 Å². The summed E-state index contributed by atoms with van der Waals surface area (Å²) in [4.78, 5) is 0. The first-order chi connectivity index (χ1) is 9.33. The fourth-order valence-electron chi connectivity index (χ4n) is 2.81. The monoisotopic (exact) mass is 255 g/mol. The van der Waals surface area contributed by atoms with E-state index >= 15 is 0 Å². The van der Waals surface area contributed by atoms with E-state index in [-0.39, 0.29) is 0 Å². The summed E-state index contributed by atoms with van der Waals surface area (Å²) >= 11 is 0. The minimum absolute atomic E-state index is 0.676. The van der Waals surface area contributed by atoms with Gasteiger partial charge < -0.3 is 5.32 Å². The number of piperidine rings is 1. The van der Waals surface area contributed by atoms with Crippen molar-refractivity contribution in [3.63, 3.8) is 0 Å². The SMILES string of the molecule is CC1CCC(Cc2ccnn2-c2ccccc2)CN1. The van der Waals surface area contributed by atoms with E-state index in [4.69, 9.17) is 0 Å². The Balaban J connectivity index is 1.74. The number of benzene rings is 1. The van der Waals surface area contributed by atoms with Gasteiger partial charge in [0.1, 0.15) is 0 Å². The average molecular weight is 255 g/mol. The average Bonchev–Trinajstić information content (AvgIpc) is 2.90. The van der Waals surface area contributed by atoms with Crippen molar-refractivity contribution in [1.29, 1.82) is 0 Å². The summed E-state index contributed by atoms with van der Waals surface area (Å²) in [6.07, 6.45) is 5.61. The molecule has 2 unspecified atom stereocenters. The van der Waals surface area contributed by atoms with Crippen molar-refractivity contribution >= 4 is 0 Å². The van der Waals surface area contributed by atoms with E-state index in [0.717, 1.165) is 24.6 Å². The Bertz CT molecular complexity index is 510. The summed E-state index contributed by atoms with van der Waals surface area (Å²) in [5, 5.41) is 8.04. The van der Waals surface area contributed by atoms with Gasteiger partial charge in [0.15, 0.2) is 0 Å². The third kappa shape index (κ3) is 2.87. The van der Waals surface area contributed by atoms with Gasteiger partial charge in [-0.25, -0.2) is 4.68 Å². The second-order valence-electron chi connectivity index (χ2n) is 5.53. The predicted octanol–water partition coefficient (Wildman–Crippen LogP) is 2.80. The van der Waals surface area contributed by atoms with Crippen molar-refractivity contribution in [3.8, 4) is 5.69 Å². The smallest absolute Gasteiger partial charge is 0.0648 e. The van der Waals surface area contributed by atoms with Crippen LogP contribution < -0.4 is 5.32 Å². The Morgan fingerprint density at radius 3 is 2.79 bits per heavy atom. The van der Waals surface area contributed by atoms with Crippen LogP contribution in [0.15, 0.2) is 42.6 Å². The molecule has 3 nitrogen and oxygen atoms in total.